The summed E-state index contributed by atoms with van der Waals surface area (Å²) in [6, 6.07) is 0. The number of carbonyl (C=O) groups is 2. The van der Waals surface area contributed by atoms with Gasteiger partial charge < -0.3 is 64.2 Å². The van der Waals surface area contributed by atoms with Crippen molar-refractivity contribution in [2.45, 2.75) is 242 Å². The Bertz CT molecular complexity index is 1200. The first-order valence-electron chi connectivity index (χ1n) is 24.4. The van der Waals surface area contributed by atoms with Gasteiger partial charge in [0.2, 0.25) is 0 Å². The molecule has 0 bridgehead atoms. The molecule has 2 aliphatic rings. The minimum absolute atomic E-state index is 0.160. The molecule has 0 saturated carbocycles. The summed E-state index contributed by atoms with van der Waals surface area (Å²) >= 11 is 0. The molecule has 0 aliphatic carbocycles. The van der Waals surface area contributed by atoms with Crippen molar-refractivity contribution in [2.24, 2.45) is 0 Å². The molecule has 11 unspecified atom stereocenters. The Hall–Kier alpha value is -2.02. The number of aliphatic hydroxyl groups excluding tert-OH is 7. The lowest BCUT2D eigenvalue weighted by molar-refractivity contribution is -0.332. The van der Waals surface area contributed by atoms with Crippen molar-refractivity contribution in [1.82, 2.24) is 0 Å². The first-order chi connectivity index (χ1) is 30.5. The van der Waals surface area contributed by atoms with E-state index >= 15 is 0 Å². The molecule has 0 aromatic carbocycles. The minimum atomic E-state index is -1.76. The molecule has 15 nitrogen and oxygen atoms in total. The molecule has 0 amide bonds. The average molecular weight is 903 g/mol. The molecule has 2 aliphatic heterocycles. The lowest BCUT2D eigenvalue weighted by Gasteiger charge is -2.42. The molecular formula is C48H86O15. The van der Waals surface area contributed by atoms with Crippen LogP contribution in [0.2, 0.25) is 0 Å². The zero-order valence-electron chi connectivity index (χ0n) is 38.6. The highest BCUT2D eigenvalue weighted by atomic mass is 16.7. The van der Waals surface area contributed by atoms with Crippen LogP contribution in [0, 0.1) is 0 Å². The number of carbonyl (C=O) groups excluding carboxylic acids is 2. The van der Waals surface area contributed by atoms with Crippen molar-refractivity contribution >= 4 is 11.9 Å². The highest BCUT2D eigenvalue weighted by Crippen LogP contribution is 2.26. The molecule has 2 saturated heterocycles. The number of ether oxygens (including phenoxy) is 6. The molecule has 0 spiro atoms. The first-order valence-corrected chi connectivity index (χ1v) is 24.4. The van der Waals surface area contributed by atoms with E-state index < -0.39 is 92.7 Å². The molecule has 0 radical (unpaired) electrons. The summed E-state index contributed by atoms with van der Waals surface area (Å²) in [6.45, 7) is 2.50. The molecule has 0 aromatic rings. The van der Waals surface area contributed by atoms with Crippen LogP contribution in [-0.4, -0.2) is 142 Å². The summed E-state index contributed by atoms with van der Waals surface area (Å²) in [5, 5.41) is 71.9. The van der Waals surface area contributed by atoms with Gasteiger partial charge in [-0.15, -0.1) is 0 Å². The summed E-state index contributed by atoms with van der Waals surface area (Å²) in [7, 11) is 0. The number of hydrogen-bond acceptors (Lipinski definition) is 15. The van der Waals surface area contributed by atoms with Gasteiger partial charge in [0.25, 0.3) is 0 Å². The van der Waals surface area contributed by atoms with E-state index in [0.717, 1.165) is 77.0 Å². The lowest BCUT2D eigenvalue weighted by atomic mass is 9.98. The van der Waals surface area contributed by atoms with Gasteiger partial charge >= 0.3 is 11.9 Å². The quantitative estimate of drug-likeness (QED) is 0.0216. The Morgan fingerprint density at radius 2 is 0.937 bits per heavy atom. The molecule has 2 rings (SSSR count). The predicted molar refractivity (Wildman–Crippen MR) is 238 cm³/mol. The number of hydrogen-bond donors (Lipinski definition) is 7. The summed E-state index contributed by atoms with van der Waals surface area (Å²) in [6.07, 6.45) is 17.9. The maximum Gasteiger partial charge on any atom is 0.306 e. The van der Waals surface area contributed by atoms with Gasteiger partial charge in [-0.1, -0.05) is 128 Å². The molecular weight excluding hydrogens is 817 g/mol. The van der Waals surface area contributed by atoms with Gasteiger partial charge in [-0.05, 0) is 57.8 Å². The number of aliphatic hydroxyl groups is 7. The van der Waals surface area contributed by atoms with Crippen molar-refractivity contribution in [3.05, 3.63) is 24.3 Å². The lowest BCUT2D eigenvalue weighted by Crippen LogP contribution is -2.61. The number of rotatable bonds is 37. The zero-order chi connectivity index (χ0) is 46.1. The number of allylic oxidation sites excluding steroid dienone is 4. The zero-order valence-corrected chi connectivity index (χ0v) is 38.6. The van der Waals surface area contributed by atoms with Crippen LogP contribution >= 0.6 is 0 Å². The predicted octanol–water partition coefficient (Wildman–Crippen LogP) is 5.99. The summed E-state index contributed by atoms with van der Waals surface area (Å²) < 4.78 is 33.5. The van der Waals surface area contributed by atoms with Crippen LogP contribution in [0.25, 0.3) is 0 Å². The second-order valence-corrected chi connectivity index (χ2v) is 17.3. The van der Waals surface area contributed by atoms with Crippen molar-refractivity contribution < 1.29 is 73.8 Å². The molecule has 7 N–H and O–H groups in total. The van der Waals surface area contributed by atoms with Gasteiger partial charge in [0.05, 0.1) is 19.8 Å². The van der Waals surface area contributed by atoms with E-state index in [2.05, 4.69) is 38.2 Å². The molecule has 15 heteroatoms. The van der Waals surface area contributed by atoms with E-state index in [9.17, 15) is 45.3 Å². The fraction of sp³-hybridized carbons (Fsp3) is 0.875. The van der Waals surface area contributed by atoms with Gasteiger partial charge in [-0.25, -0.2) is 0 Å². The van der Waals surface area contributed by atoms with Crippen LogP contribution in [0.3, 0.4) is 0 Å². The second kappa shape index (κ2) is 36.1. The molecule has 368 valence electrons. The number of esters is 2. The van der Waals surface area contributed by atoms with E-state index in [0.29, 0.717) is 12.8 Å². The van der Waals surface area contributed by atoms with Crippen LogP contribution < -0.4 is 0 Å². The van der Waals surface area contributed by atoms with Crippen LogP contribution in [0.1, 0.15) is 174 Å². The largest absolute Gasteiger partial charge is 0.462 e. The van der Waals surface area contributed by atoms with Gasteiger partial charge in [0, 0.05) is 12.8 Å². The van der Waals surface area contributed by atoms with E-state index in [1.807, 2.05) is 0 Å². The molecule has 2 heterocycles. The molecule has 2 fully saturated rings. The monoisotopic (exact) mass is 903 g/mol. The third-order valence-electron chi connectivity index (χ3n) is 11.6. The number of unbranched alkanes of at least 4 members (excludes halogenated alkanes) is 19. The Kier molecular flexibility index (Phi) is 32.8. The first kappa shape index (κ1) is 57.1. The van der Waals surface area contributed by atoms with Crippen LogP contribution in [0.4, 0.5) is 0 Å². The maximum absolute atomic E-state index is 13.0. The summed E-state index contributed by atoms with van der Waals surface area (Å²) in [5.41, 5.74) is 0. The summed E-state index contributed by atoms with van der Waals surface area (Å²) in [5.74, 6) is -0.941. The van der Waals surface area contributed by atoms with Crippen molar-refractivity contribution in [2.75, 3.05) is 26.4 Å². The van der Waals surface area contributed by atoms with E-state index in [1.54, 1.807) is 0 Å². The van der Waals surface area contributed by atoms with Crippen molar-refractivity contribution in [3.63, 3.8) is 0 Å². The van der Waals surface area contributed by atoms with Gasteiger partial charge in [-0.3, -0.25) is 9.59 Å². The SMILES string of the molecule is CCC/C=C\CCCCCCCC(=O)OCC(COC1OC(COC2OC(CO)C(O)C(O)C2O)C(O)C(O)C1O)OC(=O)CCCCCCCCC/C=C\CCCCCCCC. The van der Waals surface area contributed by atoms with Crippen molar-refractivity contribution in [3.8, 4) is 0 Å². The van der Waals surface area contributed by atoms with Gasteiger partial charge in [0.15, 0.2) is 18.7 Å². The topological polar surface area (TPSA) is 231 Å². The Morgan fingerprint density at radius 1 is 0.492 bits per heavy atom. The van der Waals surface area contributed by atoms with E-state index in [1.165, 1.54) is 57.8 Å². The fourth-order valence-electron chi connectivity index (χ4n) is 7.57. The fourth-order valence-corrected chi connectivity index (χ4v) is 7.57. The normalized spacial score (nSPS) is 27.0. The minimum Gasteiger partial charge on any atom is -0.462 e. The second-order valence-electron chi connectivity index (χ2n) is 17.3. The van der Waals surface area contributed by atoms with Crippen LogP contribution in [0.15, 0.2) is 24.3 Å². The highest BCUT2D eigenvalue weighted by molar-refractivity contribution is 5.70. The molecule has 0 aromatic heterocycles. The Labute approximate surface area is 377 Å². The van der Waals surface area contributed by atoms with Gasteiger partial charge in [0.1, 0.15) is 55.4 Å². The third kappa shape index (κ3) is 24.9. The van der Waals surface area contributed by atoms with E-state index in [-0.39, 0.29) is 26.1 Å². The van der Waals surface area contributed by atoms with Crippen molar-refractivity contribution in [1.29, 1.82) is 0 Å². The Balaban J connectivity index is 1.82. The summed E-state index contributed by atoms with van der Waals surface area (Å²) in [4.78, 5) is 25.6. The maximum atomic E-state index is 13.0. The third-order valence-corrected chi connectivity index (χ3v) is 11.6. The smallest absolute Gasteiger partial charge is 0.306 e. The molecule has 63 heavy (non-hydrogen) atoms. The average Bonchev–Trinajstić information content (AvgIpc) is 3.28. The standard InChI is InChI=1S/C48H86O15/c1-3-5-7-9-11-13-15-16-17-18-19-20-21-23-25-27-29-31-40(51)61-36(33-58-39(50)30-28-26-24-22-14-12-10-8-6-4-2)34-59-47-46(57)44(55)42(53)38(63-47)35-60-48-45(56)43(54)41(52)37(32-49)62-48/h8,10,16-17,36-38,41-49,52-57H,3-7,9,11-15,18-35H2,1-2H3/b10-8-,17-16-. The van der Waals surface area contributed by atoms with E-state index in [4.69, 9.17) is 28.4 Å². The van der Waals surface area contributed by atoms with Crippen LogP contribution in [-0.2, 0) is 38.0 Å². The molecule has 11 atom stereocenters. The van der Waals surface area contributed by atoms with Crippen LogP contribution in [0.5, 0.6) is 0 Å². The van der Waals surface area contributed by atoms with Gasteiger partial charge in [-0.2, -0.15) is 0 Å². The Morgan fingerprint density at radius 3 is 1.46 bits per heavy atom. The highest BCUT2D eigenvalue weighted by Gasteiger charge is 2.47.